The maximum absolute atomic E-state index is 14.4. The molecule has 0 amide bonds. The average molecular weight is 335 g/mol. The van der Waals surface area contributed by atoms with Gasteiger partial charge >= 0.3 is 0 Å². The van der Waals surface area contributed by atoms with Crippen LogP contribution in [0.3, 0.4) is 0 Å². The second-order valence-electron chi connectivity index (χ2n) is 5.56. The number of H-pyrrole nitrogens is 1. The fourth-order valence-electron chi connectivity index (χ4n) is 3.11. The van der Waals surface area contributed by atoms with Gasteiger partial charge in [-0.15, -0.1) is 0 Å². The highest BCUT2D eigenvalue weighted by Crippen LogP contribution is 2.41. The quantitative estimate of drug-likeness (QED) is 0.754. The number of pyridine rings is 1. The minimum atomic E-state index is -0.557. The number of ether oxygens (including phenoxy) is 1. The minimum absolute atomic E-state index is 0.0699. The van der Waals surface area contributed by atoms with Crippen LogP contribution in [0.15, 0.2) is 15.7 Å². The minimum Gasteiger partial charge on any atom is -0.487 e. The molecule has 1 aliphatic heterocycles. The molecule has 0 saturated heterocycles. The van der Waals surface area contributed by atoms with Crippen molar-refractivity contribution in [2.24, 2.45) is 0 Å². The summed E-state index contributed by atoms with van der Waals surface area (Å²) in [6.45, 7) is 4.66. The number of aromatic amines is 1. The fourth-order valence-corrected chi connectivity index (χ4v) is 4.06. The number of anilines is 1. The molecule has 120 valence electrons. The number of nitrogens with one attached hydrogen (secondary N) is 2. The van der Waals surface area contributed by atoms with Crippen LogP contribution in [-0.2, 0) is 0 Å². The summed E-state index contributed by atoms with van der Waals surface area (Å²) in [6.07, 6.45) is 0. The molecule has 0 bridgehead atoms. The van der Waals surface area contributed by atoms with Gasteiger partial charge in [0.25, 0.3) is 5.56 Å². The largest absolute Gasteiger partial charge is 0.487 e. The van der Waals surface area contributed by atoms with Crippen molar-refractivity contribution in [2.75, 3.05) is 18.5 Å². The van der Waals surface area contributed by atoms with Gasteiger partial charge in [0.05, 0.1) is 16.9 Å². The monoisotopic (exact) mass is 335 g/mol. The third kappa shape index (κ3) is 1.78. The molecule has 1 aliphatic rings. The van der Waals surface area contributed by atoms with Gasteiger partial charge < -0.3 is 14.6 Å². The van der Waals surface area contributed by atoms with Crippen LogP contribution >= 0.6 is 11.5 Å². The number of benzene rings is 1. The Bertz CT molecular complexity index is 1070. The molecule has 0 fully saturated rings. The van der Waals surface area contributed by atoms with Crippen LogP contribution in [0.4, 0.5) is 10.1 Å². The zero-order chi connectivity index (χ0) is 16.3. The summed E-state index contributed by atoms with van der Waals surface area (Å²) >= 11 is 1.12. The normalized spacial score (nSPS) is 16.7. The van der Waals surface area contributed by atoms with Crippen LogP contribution in [-0.4, -0.2) is 22.1 Å². The first-order chi connectivity index (χ1) is 11.0. The predicted octanol–water partition coefficient (Wildman–Crippen LogP) is 2.43. The van der Waals surface area contributed by atoms with Gasteiger partial charge in [0.2, 0.25) is 5.43 Å². The molecular weight excluding hydrogens is 321 g/mol. The Kier molecular flexibility index (Phi) is 2.99. The van der Waals surface area contributed by atoms with Crippen molar-refractivity contribution in [2.45, 2.75) is 19.9 Å². The van der Waals surface area contributed by atoms with E-state index >= 15 is 0 Å². The zero-order valence-corrected chi connectivity index (χ0v) is 13.3. The molecule has 2 N–H and O–H groups in total. The van der Waals surface area contributed by atoms with Crippen LogP contribution in [0.2, 0.25) is 0 Å². The molecule has 1 unspecified atom stereocenters. The first-order valence-electron chi connectivity index (χ1n) is 7.33. The number of fused-ring (bicyclic) bond motifs is 2. The third-order valence-corrected chi connectivity index (χ3v) is 4.96. The molecule has 1 aromatic carbocycles. The first kappa shape index (κ1) is 14.3. The van der Waals surface area contributed by atoms with Gasteiger partial charge in [0, 0.05) is 6.54 Å². The van der Waals surface area contributed by atoms with Crippen molar-refractivity contribution in [1.29, 1.82) is 0 Å². The topological polar surface area (TPSA) is 76.1 Å². The lowest BCUT2D eigenvalue weighted by atomic mass is 10.1. The summed E-state index contributed by atoms with van der Waals surface area (Å²) in [5.74, 6) is -0.224. The van der Waals surface area contributed by atoms with Gasteiger partial charge in [-0.25, -0.2) is 4.39 Å². The molecule has 0 spiro atoms. The second-order valence-corrected chi connectivity index (χ2v) is 6.36. The van der Waals surface area contributed by atoms with Gasteiger partial charge in [0.15, 0.2) is 11.6 Å². The standard InChI is InChI=1S/C15H14FN3O3S/c1-3-17-10-8(16)4-7-11-13(10)22-5-6(2)19(11)15-9(12(7)20)14(21)18-23-15/h4,6,17H,3,5H2,1-2H3,(H,18,21). The lowest BCUT2D eigenvalue weighted by Crippen LogP contribution is -2.25. The molecule has 1 atom stereocenters. The van der Waals surface area contributed by atoms with E-state index in [4.69, 9.17) is 4.74 Å². The van der Waals surface area contributed by atoms with Crippen LogP contribution in [0.5, 0.6) is 5.75 Å². The van der Waals surface area contributed by atoms with Crippen LogP contribution in [0.1, 0.15) is 19.9 Å². The molecule has 6 nitrogen and oxygen atoms in total. The van der Waals surface area contributed by atoms with Crippen molar-refractivity contribution < 1.29 is 9.13 Å². The lowest BCUT2D eigenvalue weighted by Gasteiger charge is -2.28. The maximum Gasteiger partial charge on any atom is 0.271 e. The van der Waals surface area contributed by atoms with E-state index < -0.39 is 16.8 Å². The summed E-state index contributed by atoms with van der Waals surface area (Å²) in [6, 6.07) is 1.12. The van der Waals surface area contributed by atoms with Crippen molar-refractivity contribution in [3.8, 4) is 5.75 Å². The molecular formula is C15H14FN3O3S. The van der Waals surface area contributed by atoms with Gasteiger partial charge in [-0.3, -0.25) is 14.0 Å². The van der Waals surface area contributed by atoms with E-state index in [0.29, 0.717) is 29.2 Å². The van der Waals surface area contributed by atoms with Gasteiger partial charge in [-0.05, 0) is 31.4 Å². The molecule has 0 aliphatic carbocycles. The van der Waals surface area contributed by atoms with Gasteiger partial charge in [0.1, 0.15) is 22.5 Å². The van der Waals surface area contributed by atoms with Crippen LogP contribution in [0.25, 0.3) is 21.1 Å². The Morgan fingerprint density at radius 3 is 3.04 bits per heavy atom. The van der Waals surface area contributed by atoms with E-state index in [1.807, 2.05) is 18.4 Å². The van der Waals surface area contributed by atoms with Gasteiger partial charge in [-0.2, -0.15) is 0 Å². The molecule has 3 aromatic rings. The van der Waals surface area contributed by atoms with E-state index in [9.17, 15) is 14.0 Å². The Morgan fingerprint density at radius 1 is 1.52 bits per heavy atom. The predicted molar refractivity (Wildman–Crippen MR) is 88.5 cm³/mol. The molecule has 0 radical (unpaired) electrons. The number of aromatic nitrogens is 2. The summed E-state index contributed by atoms with van der Waals surface area (Å²) in [4.78, 5) is 25.2. The Morgan fingerprint density at radius 2 is 2.30 bits per heavy atom. The summed E-state index contributed by atoms with van der Waals surface area (Å²) < 4.78 is 24.7. The molecule has 0 saturated carbocycles. The van der Waals surface area contributed by atoms with E-state index in [0.717, 1.165) is 11.5 Å². The Hall–Kier alpha value is -2.35. The molecule has 4 rings (SSSR count). The lowest BCUT2D eigenvalue weighted by molar-refractivity contribution is 0.251. The average Bonchev–Trinajstić information content (AvgIpc) is 2.90. The van der Waals surface area contributed by atoms with Crippen LogP contribution < -0.4 is 21.0 Å². The summed E-state index contributed by atoms with van der Waals surface area (Å²) in [5, 5.41) is 3.20. The maximum atomic E-state index is 14.4. The highest BCUT2D eigenvalue weighted by Gasteiger charge is 2.28. The molecule has 2 aromatic heterocycles. The highest BCUT2D eigenvalue weighted by atomic mass is 32.1. The number of hydrogen-bond donors (Lipinski definition) is 2. The van der Waals surface area contributed by atoms with E-state index in [1.54, 1.807) is 0 Å². The van der Waals surface area contributed by atoms with Gasteiger partial charge in [-0.1, -0.05) is 0 Å². The second kappa shape index (κ2) is 4.82. The zero-order valence-electron chi connectivity index (χ0n) is 12.5. The Balaban J connectivity index is 2.31. The number of nitrogens with zero attached hydrogens (tertiary/aromatic N) is 1. The number of halogens is 1. The number of hydrogen-bond acceptors (Lipinski definition) is 5. The van der Waals surface area contributed by atoms with E-state index in [2.05, 4.69) is 9.69 Å². The van der Waals surface area contributed by atoms with E-state index in [1.165, 1.54) is 6.07 Å². The highest BCUT2D eigenvalue weighted by molar-refractivity contribution is 7.12. The SMILES string of the molecule is CCNc1c(F)cc2c(=O)c3c(=O)[nH]sc3n3c2c1OCC3C. The fraction of sp³-hybridized carbons (Fsp3) is 0.333. The van der Waals surface area contributed by atoms with E-state index in [-0.39, 0.29) is 22.5 Å². The summed E-state index contributed by atoms with van der Waals surface area (Å²) in [7, 11) is 0. The molecule has 3 heterocycles. The smallest absolute Gasteiger partial charge is 0.271 e. The third-order valence-electron chi connectivity index (χ3n) is 4.08. The van der Waals surface area contributed by atoms with Crippen molar-refractivity contribution >= 4 is 38.3 Å². The molecule has 8 heteroatoms. The molecule has 23 heavy (non-hydrogen) atoms. The van der Waals surface area contributed by atoms with Crippen LogP contribution in [0, 0.1) is 5.82 Å². The summed E-state index contributed by atoms with van der Waals surface area (Å²) in [5.41, 5.74) is -0.108. The van der Waals surface area contributed by atoms with Crippen molar-refractivity contribution in [3.63, 3.8) is 0 Å². The van der Waals surface area contributed by atoms with Crippen molar-refractivity contribution in [3.05, 3.63) is 32.5 Å². The Labute approximate surface area is 133 Å². The van der Waals surface area contributed by atoms with Crippen molar-refractivity contribution in [1.82, 2.24) is 8.94 Å². The first-order valence-corrected chi connectivity index (χ1v) is 8.14. The number of rotatable bonds is 2.